The lowest BCUT2D eigenvalue weighted by molar-refractivity contribution is -0.116. The highest BCUT2D eigenvalue weighted by Crippen LogP contribution is 2.08. The van der Waals surface area contributed by atoms with E-state index >= 15 is 0 Å². The third-order valence-corrected chi connectivity index (χ3v) is 3.22. The Morgan fingerprint density at radius 2 is 1.95 bits per heavy atom. The van der Waals surface area contributed by atoms with Crippen LogP contribution in [0.3, 0.4) is 0 Å². The van der Waals surface area contributed by atoms with Gasteiger partial charge in [0, 0.05) is 26.3 Å². The number of hydrogen-bond donors (Lipinski definition) is 1. The summed E-state index contributed by atoms with van der Waals surface area (Å²) < 4.78 is 10.2. The van der Waals surface area contributed by atoms with Crippen LogP contribution in [0.1, 0.15) is 25.3 Å². The number of methoxy groups -OCH3 is 1. The zero-order valence-corrected chi connectivity index (χ0v) is 13.6. The molecule has 0 heterocycles. The van der Waals surface area contributed by atoms with Gasteiger partial charge >= 0.3 is 0 Å². The van der Waals surface area contributed by atoms with Gasteiger partial charge in [-0.25, -0.2) is 0 Å². The molecule has 0 aliphatic carbocycles. The number of carbonyl (C=O) groups excluding carboxylic acids is 1. The second-order valence-corrected chi connectivity index (χ2v) is 5.23. The quantitative estimate of drug-likeness (QED) is 0.505. The van der Waals surface area contributed by atoms with E-state index in [2.05, 4.69) is 17.4 Å². The number of allylic oxidation sites excluding steroid dienone is 1. The predicted octanol–water partition coefficient (Wildman–Crippen LogP) is 2.73. The zero-order chi connectivity index (χ0) is 16.0. The number of nitrogens with one attached hydrogen (secondary N) is 1. The van der Waals surface area contributed by atoms with Crippen LogP contribution in [-0.4, -0.2) is 39.4 Å². The second kappa shape index (κ2) is 12.0. The molecule has 0 unspecified atom stereocenters. The van der Waals surface area contributed by atoms with Gasteiger partial charge in [-0.15, -0.1) is 0 Å². The summed E-state index contributed by atoms with van der Waals surface area (Å²) >= 11 is 0. The standard InChI is InChI=1S/C18H27NO3/c1-16(9-10-17-7-4-3-5-8-17)15-18(20)19-11-6-12-22-14-13-21-2/h3-5,7-8,15H,6,9-14H2,1-2H3,(H,19,20). The van der Waals surface area contributed by atoms with Gasteiger partial charge in [-0.05, 0) is 31.7 Å². The molecule has 1 rings (SSSR count). The summed E-state index contributed by atoms with van der Waals surface area (Å²) in [5.74, 6) is -0.0255. The minimum atomic E-state index is -0.0255. The number of hydrogen-bond acceptors (Lipinski definition) is 3. The first-order valence-corrected chi connectivity index (χ1v) is 7.78. The van der Waals surface area contributed by atoms with Gasteiger partial charge in [0.05, 0.1) is 13.2 Å². The van der Waals surface area contributed by atoms with Crippen molar-refractivity contribution in [3.63, 3.8) is 0 Å². The van der Waals surface area contributed by atoms with Crippen LogP contribution in [0.2, 0.25) is 0 Å². The van der Waals surface area contributed by atoms with Crippen LogP contribution in [0.15, 0.2) is 42.0 Å². The van der Waals surface area contributed by atoms with E-state index in [9.17, 15) is 4.79 Å². The van der Waals surface area contributed by atoms with E-state index in [0.29, 0.717) is 26.4 Å². The van der Waals surface area contributed by atoms with Crippen molar-refractivity contribution in [1.29, 1.82) is 0 Å². The molecule has 0 saturated heterocycles. The predicted molar refractivity (Wildman–Crippen MR) is 88.8 cm³/mol. The molecule has 122 valence electrons. The number of aryl methyl sites for hydroxylation is 1. The SMILES string of the molecule is COCCOCCCNC(=O)C=C(C)CCc1ccccc1. The van der Waals surface area contributed by atoms with Crippen molar-refractivity contribution in [3.8, 4) is 0 Å². The monoisotopic (exact) mass is 305 g/mol. The summed E-state index contributed by atoms with van der Waals surface area (Å²) in [5, 5.41) is 2.88. The van der Waals surface area contributed by atoms with Gasteiger partial charge in [0.15, 0.2) is 0 Å². The third-order valence-electron chi connectivity index (χ3n) is 3.22. The van der Waals surface area contributed by atoms with Gasteiger partial charge in [0.2, 0.25) is 5.91 Å². The highest BCUT2D eigenvalue weighted by atomic mass is 16.5. The van der Waals surface area contributed by atoms with Gasteiger partial charge < -0.3 is 14.8 Å². The fourth-order valence-electron chi connectivity index (χ4n) is 1.96. The van der Waals surface area contributed by atoms with E-state index in [-0.39, 0.29) is 5.91 Å². The molecule has 1 aromatic rings. The number of amides is 1. The van der Waals surface area contributed by atoms with Crippen LogP contribution in [0.4, 0.5) is 0 Å². The molecular weight excluding hydrogens is 278 g/mol. The van der Waals surface area contributed by atoms with Crippen molar-refractivity contribution < 1.29 is 14.3 Å². The lowest BCUT2D eigenvalue weighted by Gasteiger charge is -2.05. The Kier molecular flexibility index (Phi) is 9.99. The van der Waals surface area contributed by atoms with Gasteiger partial charge in [-0.2, -0.15) is 0 Å². The van der Waals surface area contributed by atoms with Crippen LogP contribution >= 0.6 is 0 Å². The summed E-state index contributed by atoms with van der Waals surface area (Å²) in [7, 11) is 1.65. The minimum absolute atomic E-state index is 0.0255. The Labute approximate surface area is 133 Å². The first-order chi connectivity index (χ1) is 10.7. The van der Waals surface area contributed by atoms with E-state index in [0.717, 1.165) is 24.8 Å². The van der Waals surface area contributed by atoms with Crippen LogP contribution in [0.25, 0.3) is 0 Å². The summed E-state index contributed by atoms with van der Waals surface area (Å²) in [4.78, 5) is 11.8. The molecule has 4 nitrogen and oxygen atoms in total. The Bertz CT molecular complexity index is 443. The summed E-state index contributed by atoms with van der Waals surface area (Å²) in [6.45, 7) is 4.48. The first-order valence-electron chi connectivity index (χ1n) is 7.78. The van der Waals surface area contributed by atoms with Gasteiger partial charge in [-0.3, -0.25) is 4.79 Å². The maximum Gasteiger partial charge on any atom is 0.243 e. The Balaban J connectivity index is 2.11. The minimum Gasteiger partial charge on any atom is -0.382 e. The van der Waals surface area contributed by atoms with Gasteiger partial charge in [-0.1, -0.05) is 35.9 Å². The number of benzene rings is 1. The molecule has 1 amide bonds. The average Bonchev–Trinajstić information content (AvgIpc) is 2.53. The molecule has 1 N–H and O–H groups in total. The Morgan fingerprint density at radius 1 is 1.18 bits per heavy atom. The van der Waals surface area contributed by atoms with E-state index < -0.39 is 0 Å². The van der Waals surface area contributed by atoms with E-state index in [1.165, 1.54) is 5.56 Å². The van der Waals surface area contributed by atoms with Crippen molar-refractivity contribution in [2.24, 2.45) is 0 Å². The van der Waals surface area contributed by atoms with Crippen molar-refractivity contribution in [2.45, 2.75) is 26.2 Å². The molecule has 22 heavy (non-hydrogen) atoms. The molecule has 0 radical (unpaired) electrons. The van der Waals surface area contributed by atoms with Gasteiger partial charge in [0.25, 0.3) is 0 Å². The smallest absolute Gasteiger partial charge is 0.243 e. The normalized spacial score (nSPS) is 11.5. The highest BCUT2D eigenvalue weighted by molar-refractivity contribution is 5.88. The summed E-state index contributed by atoms with van der Waals surface area (Å²) in [5.41, 5.74) is 2.39. The molecule has 0 atom stereocenters. The lowest BCUT2D eigenvalue weighted by atomic mass is 10.1. The number of carbonyl (C=O) groups is 1. The van der Waals surface area contributed by atoms with Crippen molar-refractivity contribution in [2.75, 3.05) is 33.5 Å². The maximum absolute atomic E-state index is 11.8. The van der Waals surface area contributed by atoms with Gasteiger partial charge in [0.1, 0.15) is 0 Å². The third kappa shape index (κ3) is 9.32. The number of ether oxygens (including phenoxy) is 2. The summed E-state index contributed by atoms with van der Waals surface area (Å²) in [6.07, 6.45) is 4.36. The van der Waals surface area contributed by atoms with E-state index in [1.54, 1.807) is 13.2 Å². The molecule has 0 bridgehead atoms. The van der Waals surface area contributed by atoms with Crippen molar-refractivity contribution in [3.05, 3.63) is 47.5 Å². The largest absolute Gasteiger partial charge is 0.382 e. The molecule has 0 fully saturated rings. The maximum atomic E-state index is 11.8. The topological polar surface area (TPSA) is 47.6 Å². The molecule has 0 spiro atoms. The van der Waals surface area contributed by atoms with E-state index in [4.69, 9.17) is 9.47 Å². The fourth-order valence-corrected chi connectivity index (χ4v) is 1.96. The molecule has 4 heteroatoms. The van der Waals surface area contributed by atoms with Crippen LogP contribution < -0.4 is 5.32 Å². The van der Waals surface area contributed by atoms with Crippen LogP contribution in [0.5, 0.6) is 0 Å². The van der Waals surface area contributed by atoms with E-state index in [1.807, 2.05) is 25.1 Å². The molecule has 0 aliphatic heterocycles. The van der Waals surface area contributed by atoms with Crippen LogP contribution in [-0.2, 0) is 20.7 Å². The molecule has 0 aliphatic rings. The number of rotatable bonds is 11. The van der Waals surface area contributed by atoms with Crippen molar-refractivity contribution >= 4 is 5.91 Å². The molecule has 1 aromatic carbocycles. The Hall–Kier alpha value is -1.65. The zero-order valence-electron chi connectivity index (χ0n) is 13.6. The second-order valence-electron chi connectivity index (χ2n) is 5.23. The highest BCUT2D eigenvalue weighted by Gasteiger charge is 1.99. The first kappa shape index (κ1) is 18.4. The van der Waals surface area contributed by atoms with Crippen molar-refractivity contribution in [1.82, 2.24) is 5.32 Å². The fraction of sp³-hybridized carbons (Fsp3) is 0.500. The molecule has 0 saturated carbocycles. The lowest BCUT2D eigenvalue weighted by Crippen LogP contribution is -2.23. The Morgan fingerprint density at radius 3 is 2.68 bits per heavy atom. The molecular formula is C18H27NO3. The average molecular weight is 305 g/mol. The summed E-state index contributed by atoms with van der Waals surface area (Å²) in [6, 6.07) is 10.3. The van der Waals surface area contributed by atoms with Crippen LogP contribution in [0, 0.1) is 0 Å². The molecule has 0 aromatic heterocycles.